The Hall–Kier alpha value is -2.78. The van der Waals surface area contributed by atoms with Gasteiger partial charge in [-0.25, -0.2) is 0 Å². The Bertz CT molecular complexity index is 1220. The Morgan fingerprint density at radius 2 is 1.92 bits per heavy atom. The van der Waals surface area contributed by atoms with E-state index in [-0.39, 0.29) is 11.2 Å². The molecule has 5 rings (SSSR count). The first-order chi connectivity index (χ1) is 17.4. The SMILES string of the molecule is CCC[C@@]12CC[C@](O)(Cc3ccccc3)C[C@@H]1CCCc1cc(C(=O)Cc3cccnc3C)ccc12. The van der Waals surface area contributed by atoms with Crippen molar-refractivity contribution >= 4 is 5.78 Å². The molecule has 3 aromatic rings. The number of fused-ring (bicyclic) bond motifs is 3. The number of benzene rings is 2. The minimum absolute atomic E-state index is 0.102. The van der Waals surface area contributed by atoms with Crippen LogP contribution >= 0.6 is 0 Å². The summed E-state index contributed by atoms with van der Waals surface area (Å²) in [4.78, 5) is 17.6. The van der Waals surface area contributed by atoms with Crippen LogP contribution in [-0.2, 0) is 24.7 Å². The zero-order chi connectivity index (χ0) is 25.2. The number of nitrogens with zero attached hydrogens (tertiary/aromatic N) is 1. The first-order valence-electron chi connectivity index (χ1n) is 13.8. The molecule has 1 N–H and O–H groups in total. The van der Waals surface area contributed by atoms with Crippen molar-refractivity contribution in [3.8, 4) is 0 Å². The fourth-order valence-electron chi connectivity index (χ4n) is 7.17. The Kier molecular flexibility index (Phi) is 7.12. The first-order valence-corrected chi connectivity index (χ1v) is 13.8. The van der Waals surface area contributed by atoms with Crippen LogP contribution in [0.4, 0.5) is 0 Å². The van der Waals surface area contributed by atoms with Crippen LogP contribution in [0.2, 0.25) is 0 Å². The van der Waals surface area contributed by atoms with Crippen molar-refractivity contribution in [3.63, 3.8) is 0 Å². The average molecular weight is 482 g/mol. The van der Waals surface area contributed by atoms with E-state index in [0.717, 1.165) is 74.6 Å². The number of aliphatic hydroxyl groups is 1. The quantitative estimate of drug-likeness (QED) is 0.371. The lowest BCUT2D eigenvalue weighted by molar-refractivity contribution is -0.0488. The molecule has 1 fully saturated rings. The van der Waals surface area contributed by atoms with E-state index in [1.807, 2.05) is 25.1 Å². The number of Topliss-reactive ketones (excluding diaryl/α,β-unsaturated/α-hetero) is 1. The lowest BCUT2D eigenvalue weighted by Crippen LogP contribution is -2.48. The summed E-state index contributed by atoms with van der Waals surface area (Å²) < 4.78 is 0. The molecule has 1 aromatic heterocycles. The van der Waals surface area contributed by atoms with Crippen LogP contribution in [-0.4, -0.2) is 21.5 Å². The minimum Gasteiger partial charge on any atom is -0.390 e. The number of carbonyl (C=O) groups excluding carboxylic acids is 1. The highest BCUT2D eigenvalue weighted by Gasteiger charge is 2.50. The van der Waals surface area contributed by atoms with E-state index in [2.05, 4.69) is 54.4 Å². The fraction of sp³-hybridized carbons (Fsp3) is 0.455. The molecule has 3 atom stereocenters. The number of aryl methyl sites for hydroxylation is 2. The summed E-state index contributed by atoms with van der Waals surface area (Å²) in [5.74, 6) is 0.640. The standard InChI is InChI=1S/C33H39NO2/c1-3-16-33-18-17-32(36,22-25-9-5-4-6-10-25)23-29(33)13-7-11-27-20-28(14-15-30(27)33)31(35)21-26-12-8-19-34-24(26)2/h4-6,8-10,12,14-15,19-20,29,36H,3,7,11,13,16-18,21-23H2,1-2H3/t29-,32-,33+/m0/s1. The van der Waals surface area contributed by atoms with Gasteiger partial charge < -0.3 is 5.11 Å². The third-order valence-electron chi connectivity index (χ3n) is 8.95. The summed E-state index contributed by atoms with van der Waals surface area (Å²) in [5, 5.41) is 11.7. The number of pyridine rings is 1. The highest BCUT2D eigenvalue weighted by Crippen LogP contribution is 2.54. The van der Waals surface area contributed by atoms with Crippen LogP contribution in [0.3, 0.4) is 0 Å². The Morgan fingerprint density at radius 3 is 2.69 bits per heavy atom. The normalized spacial score (nSPS) is 25.5. The number of hydrogen-bond donors (Lipinski definition) is 1. The number of carbonyl (C=O) groups is 1. The third kappa shape index (κ3) is 4.91. The zero-order valence-electron chi connectivity index (χ0n) is 21.8. The van der Waals surface area contributed by atoms with Crippen molar-refractivity contribution in [2.75, 3.05) is 0 Å². The van der Waals surface area contributed by atoms with Crippen molar-refractivity contribution < 1.29 is 9.90 Å². The van der Waals surface area contributed by atoms with Gasteiger partial charge in [-0.05, 0) is 97.6 Å². The molecule has 2 aliphatic rings. The van der Waals surface area contributed by atoms with E-state index in [1.165, 1.54) is 16.7 Å². The van der Waals surface area contributed by atoms with Gasteiger partial charge in [-0.15, -0.1) is 0 Å². The summed E-state index contributed by atoms with van der Waals surface area (Å²) in [6.45, 7) is 4.26. The number of hydrogen-bond acceptors (Lipinski definition) is 3. The largest absolute Gasteiger partial charge is 0.390 e. The second-order valence-electron chi connectivity index (χ2n) is 11.3. The van der Waals surface area contributed by atoms with Crippen LogP contribution < -0.4 is 0 Å². The Morgan fingerprint density at radius 1 is 1.08 bits per heavy atom. The van der Waals surface area contributed by atoms with Gasteiger partial charge in [0.15, 0.2) is 5.78 Å². The van der Waals surface area contributed by atoms with Crippen LogP contribution in [0.25, 0.3) is 0 Å². The van der Waals surface area contributed by atoms with E-state index in [0.29, 0.717) is 12.3 Å². The van der Waals surface area contributed by atoms with Crippen molar-refractivity contribution in [1.29, 1.82) is 0 Å². The Labute approximate surface area is 216 Å². The van der Waals surface area contributed by atoms with Gasteiger partial charge in [-0.2, -0.15) is 0 Å². The number of rotatable bonds is 7. The van der Waals surface area contributed by atoms with Crippen LogP contribution in [0.1, 0.15) is 90.2 Å². The van der Waals surface area contributed by atoms with Gasteiger partial charge in [0.05, 0.1) is 5.60 Å². The summed E-state index contributed by atoms with van der Waals surface area (Å²) in [6.07, 6.45) is 11.2. The molecule has 0 bridgehead atoms. The Balaban J connectivity index is 1.42. The van der Waals surface area contributed by atoms with E-state index >= 15 is 0 Å². The second-order valence-corrected chi connectivity index (χ2v) is 11.3. The molecule has 3 heteroatoms. The smallest absolute Gasteiger partial charge is 0.167 e. The fourth-order valence-corrected chi connectivity index (χ4v) is 7.17. The molecule has 1 heterocycles. The molecule has 2 aromatic carbocycles. The molecule has 2 aliphatic carbocycles. The molecule has 188 valence electrons. The molecular weight excluding hydrogens is 442 g/mol. The average Bonchev–Trinajstić information content (AvgIpc) is 3.02. The van der Waals surface area contributed by atoms with Crippen molar-refractivity contribution in [2.24, 2.45) is 5.92 Å². The van der Waals surface area contributed by atoms with Gasteiger partial charge in [0, 0.05) is 30.3 Å². The van der Waals surface area contributed by atoms with Gasteiger partial charge in [0.25, 0.3) is 0 Å². The maximum atomic E-state index is 13.2. The molecular formula is C33H39NO2. The van der Waals surface area contributed by atoms with Gasteiger partial charge in [-0.3, -0.25) is 9.78 Å². The molecule has 1 saturated carbocycles. The van der Waals surface area contributed by atoms with Crippen LogP contribution in [0, 0.1) is 12.8 Å². The predicted octanol–water partition coefficient (Wildman–Crippen LogP) is 6.96. The molecule has 3 nitrogen and oxygen atoms in total. The van der Waals surface area contributed by atoms with E-state index in [4.69, 9.17) is 0 Å². The summed E-state index contributed by atoms with van der Waals surface area (Å²) in [5.41, 5.74) is 6.25. The van der Waals surface area contributed by atoms with Crippen molar-refractivity contribution in [3.05, 3.63) is 100 Å². The molecule has 0 unspecified atom stereocenters. The van der Waals surface area contributed by atoms with Crippen LogP contribution in [0.5, 0.6) is 0 Å². The van der Waals surface area contributed by atoms with Gasteiger partial charge in [-0.1, -0.05) is 61.9 Å². The molecule has 0 amide bonds. The van der Waals surface area contributed by atoms with Gasteiger partial charge >= 0.3 is 0 Å². The third-order valence-corrected chi connectivity index (χ3v) is 8.95. The summed E-state index contributed by atoms with van der Waals surface area (Å²) in [6, 6.07) is 20.9. The monoisotopic (exact) mass is 481 g/mol. The van der Waals surface area contributed by atoms with E-state index in [9.17, 15) is 9.90 Å². The minimum atomic E-state index is -0.634. The topological polar surface area (TPSA) is 50.2 Å². The molecule has 36 heavy (non-hydrogen) atoms. The van der Waals surface area contributed by atoms with Gasteiger partial charge in [0.2, 0.25) is 0 Å². The summed E-state index contributed by atoms with van der Waals surface area (Å²) >= 11 is 0. The van der Waals surface area contributed by atoms with Gasteiger partial charge in [0.1, 0.15) is 0 Å². The maximum absolute atomic E-state index is 13.2. The van der Waals surface area contributed by atoms with E-state index in [1.54, 1.807) is 6.20 Å². The lowest BCUT2D eigenvalue weighted by atomic mass is 9.55. The first kappa shape index (κ1) is 24.9. The lowest BCUT2D eigenvalue weighted by Gasteiger charge is -2.50. The molecule has 0 spiro atoms. The highest BCUT2D eigenvalue weighted by atomic mass is 16.3. The molecule has 0 saturated heterocycles. The second kappa shape index (κ2) is 10.3. The van der Waals surface area contributed by atoms with E-state index < -0.39 is 5.60 Å². The van der Waals surface area contributed by atoms with Crippen LogP contribution in [0.15, 0.2) is 66.9 Å². The number of ketones is 1. The highest BCUT2D eigenvalue weighted by molar-refractivity contribution is 5.97. The van der Waals surface area contributed by atoms with Crippen molar-refractivity contribution in [1.82, 2.24) is 4.98 Å². The zero-order valence-corrected chi connectivity index (χ0v) is 21.8. The number of aromatic nitrogens is 1. The predicted molar refractivity (Wildman–Crippen MR) is 145 cm³/mol. The van der Waals surface area contributed by atoms with Crippen molar-refractivity contribution in [2.45, 2.75) is 89.1 Å². The summed E-state index contributed by atoms with van der Waals surface area (Å²) in [7, 11) is 0. The molecule has 0 aliphatic heterocycles. The molecule has 0 radical (unpaired) electrons. The maximum Gasteiger partial charge on any atom is 0.167 e.